The molecule has 0 bridgehead atoms. The minimum Gasteiger partial charge on any atom is -0.355 e. The molecule has 140 valence electrons. The molecule has 0 aliphatic carbocycles. The zero-order valence-corrected chi connectivity index (χ0v) is 16.7. The number of nitrogens with one attached hydrogen (secondary N) is 1. The fourth-order valence-electron chi connectivity index (χ4n) is 2.49. The third-order valence-electron chi connectivity index (χ3n) is 3.90. The van der Waals surface area contributed by atoms with Crippen molar-refractivity contribution < 1.29 is 13.2 Å². The predicted octanol–water partition coefficient (Wildman–Crippen LogP) is 3.68. The van der Waals surface area contributed by atoms with Gasteiger partial charge in [0, 0.05) is 11.6 Å². The summed E-state index contributed by atoms with van der Waals surface area (Å²) in [5.41, 5.74) is 2.07. The molecular formula is C19H23ClN2O3S. The second-order valence-electron chi connectivity index (χ2n) is 6.11. The number of nitrogens with zero attached hydrogens (tertiary/aromatic N) is 1. The van der Waals surface area contributed by atoms with Crippen molar-refractivity contribution >= 4 is 33.2 Å². The van der Waals surface area contributed by atoms with Gasteiger partial charge in [-0.3, -0.25) is 9.10 Å². The number of halogens is 1. The summed E-state index contributed by atoms with van der Waals surface area (Å²) in [5, 5.41) is 3.23. The van der Waals surface area contributed by atoms with Crippen LogP contribution >= 0.6 is 11.6 Å². The number of sulfonamides is 1. The highest BCUT2D eigenvalue weighted by molar-refractivity contribution is 7.92. The van der Waals surface area contributed by atoms with E-state index in [2.05, 4.69) is 5.32 Å². The lowest BCUT2D eigenvalue weighted by atomic mass is 10.2. The normalized spacial score (nSPS) is 11.2. The van der Waals surface area contributed by atoms with Gasteiger partial charge in [0.25, 0.3) is 10.0 Å². The first kappa shape index (κ1) is 20.3. The number of aryl methyl sites for hydroxylation is 2. The van der Waals surface area contributed by atoms with Gasteiger partial charge in [0.2, 0.25) is 5.91 Å². The van der Waals surface area contributed by atoms with Crippen molar-refractivity contribution in [1.82, 2.24) is 5.32 Å². The second-order valence-corrected chi connectivity index (χ2v) is 8.40. The minimum atomic E-state index is -3.90. The van der Waals surface area contributed by atoms with Crippen molar-refractivity contribution in [2.45, 2.75) is 32.1 Å². The number of hydrogen-bond donors (Lipinski definition) is 1. The number of carbonyl (C=O) groups is 1. The first-order chi connectivity index (χ1) is 12.3. The molecule has 5 nitrogen and oxygen atoms in total. The first-order valence-corrected chi connectivity index (χ1v) is 10.2. The van der Waals surface area contributed by atoms with Crippen molar-refractivity contribution in [2.75, 3.05) is 17.4 Å². The van der Waals surface area contributed by atoms with Crippen LogP contribution in [-0.2, 0) is 14.8 Å². The number of hydrogen-bond acceptors (Lipinski definition) is 3. The van der Waals surface area contributed by atoms with Crippen molar-refractivity contribution in [1.29, 1.82) is 0 Å². The maximum atomic E-state index is 13.2. The molecule has 0 heterocycles. The van der Waals surface area contributed by atoms with E-state index >= 15 is 0 Å². The maximum Gasteiger partial charge on any atom is 0.264 e. The van der Waals surface area contributed by atoms with Crippen LogP contribution in [0.3, 0.4) is 0 Å². The molecule has 0 aliphatic heterocycles. The van der Waals surface area contributed by atoms with Gasteiger partial charge in [0.15, 0.2) is 0 Å². The van der Waals surface area contributed by atoms with Crippen LogP contribution in [0.25, 0.3) is 0 Å². The summed E-state index contributed by atoms with van der Waals surface area (Å²) in [7, 11) is -3.90. The third kappa shape index (κ3) is 4.77. The first-order valence-electron chi connectivity index (χ1n) is 8.38. The lowest BCUT2D eigenvalue weighted by molar-refractivity contribution is -0.119. The topological polar surface area (TPSA) is 66.5 Å². The van der Waals surface area contributed by atoms with Crippen LogP contribution in [0.2, 0.25) is 5.02 Å². The van der Waals surface area contributed by atoms with Crippen LogP contribution < -0.4 is 9.62 Å². The lowest BCUT2D eigenvalue weighted by Gasteiger charge is -2.25. The Morgan fingerprint density at radius 1 is 1.12 bits per heavy atom. The molecule has 1 N–H and O–H groups in total. The zero-order valence-electron chi connectivity index (χ0n) is 15.1. The standard InChI is InChI=1S/C19H23ClN2O3S/c1-4-11-21-19(23)13-22(18-10-7-16(20)12-15(18)3)26(24,25)17-8-5-14(2)6-9-17/h5-10,12H,4,11,13H2,1-3H3,(H,21,23). The second kappa shape index (κ2) is 8.56. The maximum absolute atomic E-state index is 13.2. The Hall–Kier alpha value is -2.05. The summed E-state index contributed by atoms with van der Waals surface area (Å²) >= 11 is 6.00. The van der Waals surface area contributed by atoms with E-state index in [1.54, 1.807) is 49.4 Å². The van der Waals surface area contributed by atoms with Gasteiger partial charge >= 0.3 is 0 Å². The summed E-state index contributed by atoms with van der Waals surface area (Å²) < 4.78 is 27.5. The fourth-order valence-corrected chi connectivity index (χ4v) is 4.20. The molecule has 0 atom stereocenters. The molecular weight excluding hydrogens is 372 g/mol. The quantitative estimate of drug-likeness (QED) is 0.778. The van der Waals surface area contributed by atoms with Gasteiger partial charge in [-0.25, -0.2) is 8.42 Å². The van der Waals surface area contributed by atoms with E-state index in [4.69, 9.17) is 11.6 Å². The van der Waals surface area contributed by atoms with Crippen LogP contribution in [0.1, 0.15) is 24.5 Å². The molecule has 2 rings (SSSR count). The number of benzene rings is 2. The third-order valence-corrected chi connectivity index (χ3v) is 5.90. The molecule has 0 spiro atoms. The molecule has 1 amide bonds. The summed E-state index contributed by atoms with van der Waals surface area (Å²) in [6.07, 6.45) is 0.774. The van der Waals surface area contributed by atoms with Crippen LogP contribution in [0.4, 0.5) is 5.69 Å². The Labute approximate surface area is 160 Å². The van der Waals surface area contributed by atoms with E-state index in [1.807, 2.05) is 13.8 Å². The van der Waals surface area contributed by atoms with E-state index in [0.29, 0.717) is 22.8 Å². The molecule has 0 aliphatic rings. The molecule has 0 radical (unpaired) electrons. The Kier molecular flexibility index (Phi) is 6.67. The number of rotatable bonds is 7. The summed E-state index contributed by atoms with van der Waals surface area (Å²) in [6.45, 7) is 5.79. The van der Waals surface area contributed by atoms with E-state index in [-0.39, 0.29) is 17.3 Å². The van der Waals surface area contributed by atoms with Crippen LogP contribution in [0.5, 0.6) is 0 Å². The van der Waals surface area contributed by atoms with Gasteiger partial charge in [-0.15, -0.1) is 0 Å². The Balaban J connectivity index is 2.48. The van der Waals surface area contributed by atoms with E-state index in [0.717, 1.165) is 16.3 Å². The Morgan fingerprint density at radius 2 is 1.77 bits per heavy atom. The Bertz CT molecular complexity index is 880. The monoisotopic (exact) mass is 394 g/mol. The smallest absolute Gasteiger partial charge is 0.264 e. The fraction of sp³-hybridized carbons (Fsp3) is 0.316. The summed E-state index contributed by atoms with van der Waals surface area (Å²) in [6, 6.07) is 11.5. The highest BCUT2D eigenvalue weighted by Gasteiger charge is 2.28. The van der Waals surface area contributed by atoms with Gasteiger partial charge in [0.05, 0.1) is 10.6 Å². The van der Waals surface area contributed by atoms with Crippen molar-refractivity contribution in [3.05, 3.63) is 58.6 Å². The van der Waals surface area contributed by atoms with E-state index < -0.39 is 10.0 Å². The van der Waals surface area contributed by atoms with Gasteiger partial charge < -0.3 is 5.32 Å². The highest BCUT2D eigenvalue weighted by atomic mass is 35.5. The van der Waals surface area contributed by atoms with Gasteiger partial charge in [-0.2, -0.15) is 0 Å². The largest absolute Gasteiger partial charge is 0.355 e. The van der Waals surface area contributed by atoms with Crippen molar-refractivity contribution in [3.63, 3.8) is 0 Å². The average Bonchev–Trinajstić information content (AvgIpc) is 2.58. The molecule has 2 aromatic carbocycles. The van der Waals surface area contributed by atoms with Gasteiger partial charge in [-0.05, 0) is 56.2 Å². The lowest BCUT2D eigenvalue weighted by Crippen LogP contribution is -2.41. The molecule has 0 aromatic heterocycles. The van der Waals surface area contributed by atoms with Crippen molar-refractivity contribution in [2.24, 2.45) is 0 Å². The molecule has 26 heavy (non-hydrogen) atoms. The number of amides is 1. The van der Waals surface area contributed by atoms with Crippen LogP contribution in [0, 0.1) is 13.8 Å². The minimum absolute atomic E-state index is 0.140. The summed E-state index contributed by atoms with van der Waals surface area (Å²) in [4.78, 5) is 12.4. The van der Waals surface area contributed by atoms with Crippen LogP contribution in [0.15, 0.2) is 47.4 Å². The molecule has 2 aromatic rings. The molecule has 0 saturated carbocycles. The molecule has 7 heteroatoms. The van der Waals surface area contributed by atoms with E-state index in [9.17, 15) is 13.2 Å². The number of carbonyl (C=O) groups excluding carboxylic acids is 1. The SMILES string of the molecule is CCCNC(=O)CN(c1ccc(Cl)cc1C)S(=O)(=O)c1ccc(C)cc1. The van der Waals surface area contributed by atoms with Gasteiger partial charge in [0.1, 0.15) is 6.54 Å². The predicted molar refractivity (Wildman–Crippen MR) is 105 cm³/mol. The van der Waals surface area contributed by atoms with Crippen LogP contribution in [-0.4, -0.2) is 27.4 Å². The molecule has 0 saturated heterocycles. The average molecular weight is 395 g/mol. The zero-order chi connectivity index (χ0) is 19.3. The molecule has 0 fully saturated rings. The van der Waals surface area contributed by atoms with Crippen molar-refractivity contribution in [3.8, 4) is 0 Å². The van der Waals surface area contributed by atoms with Gasteiger partial charge in [-0.1, -0.05) is 36.2 Å². The van der Waals surface area contributed by atoms with E-state index in [1.165, 1.54) is 0 Å². The summed E-state index contributed by atoms with van der Waals surface area (Å²) in [5.74, 6) is -0.350. The highest BCUT2D eigenvalue weighted by Crippen LogP contribution is 2.28. The molecule has 0 unspecified atom stereocenters. The number of anilines is 1. The Morgan fingerprint density at radius 3 is 2.35 bits per heavy atom.